The third-order valence-corrected chi connectivity index (χ3v) is 3.44. The van der Waals surface area contributed by atoms with Crippen LogP contribution < -0.4 is 11.1 Å². The molecule has 0 fully saturated rings. The van der Waals surface area contributed by atoms with Gasteiger partial charge in [-0.15, -0.1) is 10.2 Å². The Hall–Kier alpha value is -1.01. The average Bonchev–Trinajstić information content (AvgIpc) is 2.76. The van der Waals surface area contributed by atoms with E-state index in [-0.39, 0.29) is 5.91 Å². The zero-order valence-corrected chi connectivity index (χ0v) is 11.2. The maximum atomic E-state index is 11.6. The molecule has 5 nitrogen and oxygen atoms in total. The van der Waals surface area contributed by atoms with Crippen molar-refractivity contribution in [3.63, 3.8) is 0 Å². The SMILES string of the molecule is CC(C)C(CCN)CCC(=O)Nc1nncs1. The second kappa shape index (κ2) is 7.34. The van der Waals surface area contributed by atoms with Crippen molar-refractivity contribution >= 4 is 22.4 Å². The van der Waals surface area contributed by atoms with Crippen molar-refractivity contribution in [1.82, 2.24) is 10.2 Å². The smallest absolute Gasteiger partial charge is 0.226 e. The number of nitrogens with two attached hydrogens (primary N) is 1. The van der Waals surface area contributed by atoms with Gasteiger partial charge in [0.2, 0.25) is 11.0 Å². The second-order valence-electron chi connectivity index (χ2n) is 4.41. The maximum absolute atomic E-state index is 11.6. The topological polar surface area (TPSA) is 80.9 Å². The van der Waals surface area contributed by atoms with E-state index in [2.05, 4.69) is 29.4 Å². The lowest BCUT2D eigenvalue weighted by Crippen LogP contribution is -2.18. The summed E-state index contributed by atoms with van der Waals surface area (Å²) in [5, 5.41) is 10.7. The van der Waals surface area contributed by atoms with Gasteiger partial charge in [0.05, 0.1) is 0 Å². The summed E-state index contributed by atoms with van der Waals surface area (Å²) in [6.07, 6.45) is 2.37. The third-order valence-electron chi connectivity index (χ3n) is 2.83. The van der Waals surface area contributed by atoms with Crippen molar-refractivity contribution in [2.75, 3.05) is 11.9 Å². The fourth-order valence-corrected chi connectivity index (χ4v) is 2.21. The number of rotatable bonds is 7. The van der Waals surface area contributed by atoms with Gasteiger partial charge in [0.15, 0.2) is 0 Å². The summed E-state index contributed by atoms with van der Waals surface area (Å²) in [4.78, 5) is 11.6. The number of amides is 1. The number of aromatic nitrogens is 2. The van der Waals surface area contributed by atoms with Crippen LogP contribution in [-0.4, -0.2) is 22.6 Å². The van der Waals surface area contributed by atoms with Gasteiger partial charge >= 0.3 is 0 Å². The molecule has 0 aliphatic rings. The van der Waals surface area contributed by atoms with Crippen LogP contribution >= 0.6 is 11.3 Å². The molecule has 1 heterocycles. The molecule has 1 amide bonds. The van der Waals surface area contributed by atoms with Gasteiger partial charge < -0.3 is 11.1 Å². The summed E-state index contributed by atoms with van der Waals surface area (Å²) in [5.74, 6) is 1.08. The molecule has 3 N–H and O–H groups in total. The van der Waals surface area contributed by atoms with Crippen molar-refractivity contribution in [2.24, 2.45) is 17.6 Å². The lowest BCUT2D eigenvalue weighted by Gasteiger charge is -2.19. The molecule has 0 saturated heterocycles. The quantitative estimate of drug-likeness (QED) is 0.780. The largest absolute Gasteiger partial charge is 0.330 e. The van der Waals surface area contributed by atoms with Crippen molar-refractivity contribution in [3.8, 4) is 0 Å². The van der Waals surface area contributed by atoms with Gasteiger partial charge in [0.25, 0.3) is 0 Å². The molecule has 1 aromatic heterocycles. The van der Waals surface area contributed by atoms with E-state index < -0.39 is 0 Å². The Kier molecular flexibility index (Phi) is 6.07. The van der Waals surface area contributed by atoms with Crippen LogP contribution in [0.3, 0.4) is 0 Å². The minimum absolute atomic E-state index is 0.00409. The Labute approximate surface area is 106 Å². The van der Waals surface area contributed by atoms with Crippen LogP contribution in [-0.2, 0) is 4.79 Å². The molecule has 1 atom stereocenters. The molecular weight excluding hydrogens is 236 g/mol. The zero-order valence-electron chi connectivity index (χ0n) is 10.3. The monoisotopic (exact) mass is 256 g/mol. The highest BCUT2D eigenvalue weighted by Gasteiger charge is 2.14. The van der Waals surface area contributed by atoms with E-state index in [4.69, 9.17) is 5.73 Å². The zero-order chi connectivity index (χ0) is 12.7. The summed E-state index contributed by atoms with van der Waals surface area (Å²) in [6, 6.07) is 0. The van der Waals surface area contributed by atoms with E-state index in [9.17, 15) is 4.79 Å². The van der Waals surface area contributed by atoms with Gasteiger partial charge in [0.1, 0.15) is 5.51 Å². The fraction of sp³-hybridized carbons (Fsp3) is 0.727. The predicted octanol–water partition coefficient (Wildman–Crippen LogP) is 1.88. The molecule has 0 spiro atoms. The molecule has 0 aliphatic carbocycles. The highest BCUT2D eigenvalue weighted by Crippen LogP contribution is 2.20. The maximum Gasteiger partial charge on any atom is 0.226 e. The Morgan fingerprint density at radius 3 is 2.82 bits per heavy atom. The summed E-state index contributed by atoms with van der Waals surface area (Å²) in [6.45, 7) is 5.02. The molecule has 6 heteroatoms. The minimum Gasteiger partial charge on any atom is -0.330 e. The van der Waals surface area contributed by atoms with Crippen LogP contribution in [0.5, 0.6) is 0 Å². The van der Waals surface area contributed by atoms with Crippen molar-refractivity contribution in [3.05, 3.63) is 5.51 Å². The van der Waals surface area contributed by atoms with Gasteiger partial charge in [-0.1, -0.05) is 25.2 Å². The van der Waals surface area contributed by atoms with E-state index in [0.29, 0.717) is 29.9 Å². The highest BCUT2D eigenvalue weighted by molar-refractivity contribution is 7.13. The Balaban J connectivity index is 2.31. The van der Waals surface area contributed by atoms with Crippen LogP contribution in [0.2, 0.25) is 0 Å². The number of nitrogens with one attached hydrogen (secondary N) is 1. The van der Waals surface area contributed by atoms with E-state index in [0.717, 1.165) is 12.8 Å². The number of carbonyl (C=O) groups is 1. The molecule has 1 unspecified atom stereocenters. The van der Waals surface area contributed by atoms with E-state index >= 15 is 0 Å². The Morgan fingerprint density at radius 1 is 1.53 bits per heavy atom. The second-order valence-corrected chi connectivity index (χ2v) is 5.25. The lowest BCUT2D eigenvalue weighted by molar-refractivity contribution is -0.116. The number of hydrogen-bond acceptors (Lipinski definition) is 5. The van der Waals surface area contributed by atoms with Gasteiger partial charge in [0, 0.05) is 6.42 Å². The molecule has 1 rings (SSSR count). The van der Waals surface area contributed by atoms with E-state index in [1.54, 1.807) is 5.51 Å². The molecule has 0 saturated carbocycles. The van der Waals surface area contributed by atoms with Crippen molar-refractivity contribution in [1.29, 1.82) is 0 Å². The molecular formula is C11H20N4OS. The molecule has 96 valence electrons. The van der Waals surface area contributed by atoms with Gasteiger partial charge in [-0.25, -0.2) is 0 Å². The molecule has 0 radical (unpaired) electrons. The summed E-state index contributed by atoms with van der Waals surface area (Å²) in [5.41, 5.74) is 7.16. The van der Waals surface area contributed by atoms with Gasteiger partial charge in [-0.3, -0.25) is 4.79 Å². The van der Waals surface area contributed by atoms with E-state index in [1.165, 1.54) is 11.3 Å². The van der Waals surface area contributed by atoms with Crippen LogP contribution in [0.1, 0.15) is 33.1 Å². The molecule has 0 aromatic carbocycles. The van der Waals surface area contributed by atoms with Crippen LogP contribution in [0.15, 0.2) is 5.51 Å². The summed E-state index contributed by atoms with van der Waals surface area (Å²) in [7, 11) is 0. The number of carbonyl (C=O) groups excluding carboxylic acids is 1. The van der Waals surface area contributed by atoms with Crippen molar-refractivity contribution in [2.45, 2.75) is 33.1 Å². The number of nitrogens with zero attached hydrogens (tertiary/aromatic N) is 2. The molecule has 0 bridgehead atoms. The standard InChI is InChI=1S/C11H20N4OS/c1-8(2)9(5-6-12)3-4-10(16)14-11-15-13-7-17-11/h7-9H,3-6,12H2,1-2H3,(H,14,15,16). The van der Waals surface area contributed by atoms with Gasteiger partial charge in [-0.2, -0.15) is 0 Å². The van der Waals surface area contributed by atoms with Gasteiger partial charge in [-0.05, 0) is 31.2 Å². The normalized spacial score (nSPS) is 12.7. The average molecular weight is 256 g/mol. The molecule has 0 aliphatic heterocycles. The summed E-state index contributed by atoms with van der Waals surface area (Å²) < 4.78 is 0. The Morgan fingerprint density at radius 2 is 2.29 bits per heavy atom. The fourth-order valence-electron chi connectivity index (χ4n) is 1.75. The first-order chi connectivity index (χ1) is 8.13. The predicted molar refractivity (Wildman–Crippen MR) is 69.8 cm³/mol. The van der Waals surface area contributed by atoms with E-state index in [1.807, 2.05) is 0 Å². The first kappa shape index (κ1) is 14.1. The van der Waals surface area contributed by atoms with Crippen molar-refractivity contribution < 1.29 is 4.79 Å². The first-order valence-corrected chi connectivity index (χ1v) is 6.77. The third kappa shape index (κ3) is 5.23. The first-order valence-electron chi connectivity index (χ1n) is 5.89. The highest BCUT2D eigenvalue weighted by atomic mass is 32.1. The van der Waals surface area contributed by atoms with Crippen LogP contribution in [0.25, 0.3) is 0 Å². The number of anilines is 1. The van der Waals surface area contributed by atoms with Crippen LogP contribution in [0.4, 0.5) is 5.13 Å². The molecule has 1 aromatic rings. The molecule has 17 heavy (non-hydrogen) atoms. The van der Waals surface area contributed by atoms with Crippen LogP contribution in [0, 0.1) is 11.8 Å². The Bertz CT molecular complexity index is 326. The summed E-state index contributed by atoms with van der Waals surface area (Å²) >= 11 is 1.33. The lowest BCUT2D eigenvalue weighted by atomic mass is 9.88. The number of hydrogen-bond donors (Lipinski definition) is 2. The minimum atomic E-state index is 0.00409.